The lowest BCUT2D eigenvalue weighted by atomic mass is 10.1. The maximum atomic E-state index is 11.8. The summed E-state index contributed by atoms with van der Waals surface area (Å²) in [6.07, 6.45) is 0. The second-order valence-electron chi connectivity index (χ2n) is 4.57. The normalized spacial score (nSPS) is 14.1. The molecule has 0 aliphatic carbocycles. The van der Waals surface area contributed by atoms with Crippen LogP contribution in [0.1, 0.15) is 25.5 Å². The molecule has 1 N–H and O–H groups in total. The molecule has 100 valence electrons. The van der Waals surface area contributed by atoms with Gasteiger partial charge in [-0.25, -0.2) is 0 Å². The Morgan fingerprint density at radius 3 is 2.22 bits per heavy atom. The molecule has 0 aromatic heterocycles. The van der Waals surface area contributed by atoms with Crippen LogP contribution in [-0.4, -0.2) is 37.2 Å². The Kier molecular flexibility index (Phi) is 5.69. The zero-order valence-electron chi connectivity index (χ0n) is 11.7. The van der Waals surface area contributed by atoms with Crippen LogP contribution >= 0.6 is 11.8 Å². The number of hydrogen-bond donors (Lipinski definition) is 1. The van der Waals surface area contributed by atoms with E-state index in [-0.39, 0.29) is 11.2 Å². The van der Waals surface area contributed by atoms with Crippen molar-refractivity contribution in [3.05, 3.63) is 29.8 Å². The summed E-state index contributed by atoms with van der Waals surface area (Å²) >= 11 is 1.60. The SMILES string of the molecule is CNC(C)c1ccc(SC(C)C(=O)N(C)C)cc1. The largest absolute Gasteiger partial charge is 0.348 e. The van der Waals surface area contributed by atoms with Crippen LogP contribution in [0.5, 0.6) is 0 Å². The van der Waals surface area contributed by atoms with Crippen LogP contribution in [0.15, 0.2) is 29.2 Å². The molecule has 18 heavy (non-hydrogen) atoms. The van der Waals surface area contributed by atoms with Gasteiger partial charge in [0.15, 0.2) is 0 Å². The van der Waals surface area contributed by atoms with Crippen LogP contribution in [0.25, 0.3) is 0 Å². The van der Waals surface area contributed by atoms with E-state index in [4.69, 9.17) is 0 Å². The zero-order chi connectivity index (χ0) is 13.7. The predicted octanol–water partition coefficient (Wildman–Crippen LogP) is 2.54. The zero-order valence-corrected chi connectivity index (χ0v) is 12.5. The van der Waals surface area contributed by atoms with Crippen molar-refractivity contribution in [1.82, 2.24) is 10.2 Å². The molecule has 0 bridgehead atoms. The van der Waals surface area contributed by atoms with Gasteiger partial charge in [0, 0.05) is 25.0 Å². The van der Waals surface area contributed by atoms with Gasteiger partial charge in [-0.05, 0) is 38.6 Å². The molecule has 0 saturated carbocycles. The highest BCUT2D eigenvalue weighted by Gasteiger charge is 2.16. The van der Waals surface area contributed by atoms with Crippen molar-refractivity contribution in [1.29, 1.82) is 0 Å². The van der Waals surface area contributed by atoms with Crippen molar-refractivity contribution in [3.8, 4) is 0 Å². The van der Waals surface area contributed by atoms with E-state index < -0.39 is 0 Å². The number of carbonyl (C=O) groups is 1. The lowest BCUT2D eigenvalue weighted by molar-refractivity contribution is -0.127. The fourth-order valence-corrected chi connectivity index (χ4v) is 2.63. The van der Waals surface area contributed by atoms with Crippen LogP contribution in [0.4, 0.5) is 0 Å². The molecule has 0 aliphatic rings. The van der Waals surface area contributed by atoms with Gasteiger partial charge >= 0.3 is 0 Å². The van der Waals surface area contributed by atoms with E-state index in [2.05, 4.69) is 36.5 Å². The van der Waals surface area contributed by atoms with Crippen molar-refractivity contribution < 1.29 is 4.79 Å². The molecule has 0 radical (unpaired) electrons. The van der Waals surface area contributed by atoms with Gasteiger partial charge in [0.25, 0.3) is 0 Å². The van der Waals surface area contributed by atoms with Gasteiger partial charge in [0.05, 0.1) is 5.25 Å². The standard InChI is InChI=1S/C14H22N2OS/c1-10(15-3)12-6-8-13(9-7-12)18-11(2)14(17)16(4)5/h6-11,15H,1-5H3. The summed E-state index contributed by atoms with van der Waals surface area (Å²) in [7, 11) is 5.53. The van der Waals surface area contributed by atoms with E-state index in [1.165, 1.54) is 5.56 Å². The predicted molar refractivity (Wildman–Crippen MR) is 77.9 cm³/mol. The lowest BCUT2D eigenvalue weighted by Gasteiger charge is -2.17. The van der Waals surface area contributed by atoms with Gasteiger partial charge in [0.1, 0.15) is 0 Å². The van der Waals surface area contributed by atoms with Crippen LogP contribution in [0.3, 0.4) is 0 Å². The molecule has 0 spiro atoms. The third-order valence-electron chi connectivity index (χ3n) is 2.91. The Bertz CT molecular complexity index is 389. The Morgan fingerprint density at radius 1 is 1.22 bits per heavy atom. The summed E-state index contributed by atoms with van der Waals surface area (Å²) in [6.45, 7) is 4.07. The summed E-state index contributed by atoms with van der Waals surface area (Å²) in [5, 5.41) is 3.16. The minimum atomic E-state index is -0.0485. The molecule has 1 aromatic carbocycles. The molecular formula is C14H22N2OS. The number of thioether (sulfide) groups is 1. The number of hydrogen-bond acceptors (Lipinski definition) is 3. The van der Waals surface area contributed by atoms with E-state index in [1.54, 1.807) is 30.8 Å². The molecule has 2 unspecified atom stereocenters. The van der Waals surface area contributed by atoms with Gasteiger partial charge in [-0.2, -0.15) is 0 Å². The molecule has 0 aliphatic heterocycles. The van der Waals surface area contributed by atoms with Crippen LogP contribution in [0, 0.1) is 0 Å². The summed E-state index contributed by atoms with van der Waals surface area (Å²) in [4.78, 5) is 14.5. The van der Waals surface area contributed by atoms with Gasteiger partial charge < -0.3 is 10.2 Å². The van der Waals surface area contributed by atoms with Crippen molar-refractivity contribution in [3.63, 3.8) is 0 Å². The molecule has 0 heterocycles. The third kappa shape index (κ3) is 4.03. The highest BCUT2D eigenvalue weighted by Crippen LogP contribution is 2.25. The lowest BCUT2D eigenvalue weighted by Crippen LogP contribution is -2.29. The molecule has 0 saturated heterocycles. The van der Waals surface area contributed by atoms with Crippen molar-refractivity contribution in [2.45, 2.75) is 30.0 Å². The number of benzene rings is 1. The second kappa shape index (κ2) is 6.81. The first-order chi connectivity index (χ1) is 8.45. The summed E-state index contributed by atoms with van der Waals surface area (Å²) in [5.74, 6) is 0.146. The molecule has 1 aromatic rings. The van der Waals surface area contributed by atoms with E-state index in [0.717, 1.165) is 4.90 Å². The summed E-state index contributed by atoms with van der Waals surface area (Å²) < 4.78 is 0. The Labute approximate surface area is 114 Å². The summed E-state index contributed by atoms with van der Waals surface area (Å²) in [6, 6.07) is 8.72. The van der Waals surface area contributed by atoms with E-state index >= 15 is 0 Å². The fourth-order valence-electron chi connectivity index (χ4n) is 1.62. The first-order valence-corrected chi connectivity index (χ1v) is 6.98. The number of rotatable bonds is 5. The van der Waals surface area contributed by atoms with Gasteiger partial charge in [-0.15, -0.1) is 11.8 Å². The highest BCUT2D eigenvalue weighted by molar-refractivity contribution is 8.00. The minimum Gasteiger partial charge on any atom is -0.348 e. The Balaban J connectivity index is 2.66. The van der Waals surface area contributed by atoms with Crippen LogP contribution < -0.4 is 5.32 Å². The average molecular weight is 266 g/mol. The van der Waals surface area contributed by atoms with Crippen LogP contribution in [-0.2, 0) is 4.79 Å². The van der Waals surface area contributed by atoms with Gasteiger partial charge in [-0.3, -0.25) is 4.79 Å². The fraction of sp³-hybridized carbons (Fsp3) is 0.500. The monoisotopic (exact) mass is 266 g/mol. The second-order valence-corrected chi connectivity index (χ2v) is 5.99. The molecule has 3 nitrogen and oxygen atoms in total. The number of amides is 1. The topological polar surface area (TPSA) is 32.3 Å². The summed E-state index contributed by atoms with van der Waals surface area (Å²) in [5.41, 5.74) is 1.26. The molecule has 1 rings (SSSR count). The maximum Gasteiger partial charge on any atom is 0.235 e. The Morgan fingerprint density at radius 2 is 1.78 bits per heavy atom. The first kappa shape index (κ1) is 15.1. The van der Waals surface area contributed by atoms with Crippen molar-refractivity contribution >= 4 is 17.7 Å². The molecule has 1 amide bonds. The number of nitrogens with one attached hydrogen (secondary N) is 1. The maximum absolute atomic E-state index is 11.8. The van der Waals surface area contributed by atoms with Gasteiger partial charge in [-0.1, -0.05) is 12.1 Å². The van der Waals surface area contributed by atoms with E-state index in [9.17, 15) is 4.79 Å². The minimum absolute atomic E-state index is 0.0485. The van der Waals surface area contributed by atoms with E-state index in [0.29, 0.717) is 6.04 Å². The number of carbonyl (C=O) groups excluding carboxylic acids is 1. The molecular weight excluding hydrogens is 244 g/mol. The van der Waals surface area contributed by atoms with Gasteiger partial charge in [0.2, 0.25) is 5.91 Å². The molecule has 4 heteroatoms. The highest BCUT2D eigenvalue weighted by atomic mass is 32.2. The van der Waals surface area contributed by atoms with Crippen molar-refractivity contribution in [2.24, 2.45) is 0 Å². The van der Waals surface area contributed by atoms with Crippen LogP contribution in [0.2, 0.25) is 0 Å². The molecule has 0 fully saturated rings. The average Bonchev–Trinajstić information content (AvgIpc) is 2.37. The quantitative estimate of drug-likeness (QED) is 0.831. The number of nitrogens with zero attached hydrogens (tertiary/aromatic N) is 1. The van der Waals surface area contributed by atoms with Crippen molar-refractivity contribution in [2.75, 3.05) is 21.1 Å². The third-order valence-corrected chi connectivity index (χ3v) is 4.01. The smallest absolute Gasteiger partial charge is 0.235 e. The van der Waals surface area contributed by atoms with E-state index in [1.807, 2.05) is 14.0 Å². The molecule has 2 atom stereocenters. The Hall–Kier alpha value is -1.00. The first-order valence-electron chi connectivity index (χ1n) is 6.10.